The average Bonchev–Trinajstić information content (AvgIpc) is 3.36. The van der Waals surface area contributed by atoms with E-state index in [1.165, 1.54) is 16.9 Å². The molecule has 1 aliphatic rings. The van der Waals surface area contributed by atoms with E-state index in [1.54, 1.807) is 25.3 Å². The fourth-order valence-corrected chi connectivity index (χ4v) is 3.26. The number of alkyl halides is 3. The zero-order valence-corrected chi connectivity index (χ0v) is 15.4. The van der Waals surface area contributed by atoms with Gasteiger partial charge in [-0.15, -0.1) is 0 Å². The maximum absolute atomic E-state index is 13.2. The van der Waals surface area contributed by atoms with Crippen LogP contribution in [0, 0.1) is 12.8 Å². The Kier molecular flexibility index (Phi) is 4.49. The second-order valence-corrected chi connectivity index (χ2v) is 7.25. The molecule has 6 nitrogen and oxygen atoms in total. The van der Waals surface area contributed by atoms with Gasteiger partial charge in [0.15, 0.2) is 0 Å². The summed E-state index contributed by atoms with van der Waals surface area (Å²) < 4.78 is 41.0. The van der Waals surface area contributed by atoms with Crippen molar-refractivity contribution < 1.29 is 18.0 Å². The molecular formula is C18H15ClF3N5O. The highest BCUT2D eigenvalue weighted by Gasteiger charge is 2.50. The number of imidazole rings is 1. The number of fused-ring (bicyclic) bond motifs is 1. The van der Waals surface area contributed by atoms with Crippen LogP contribution in [-0.2, 0) is 0 Å². The van der Waals surface area contributed by atoms with Crippen LogP contribution in [0.4, 0.5) is 13.2 Å². The van der Waals surface area contributed by atoms with Crippen LogP contribution >= 0.6 is 11.6 Å². The molecule has 0 aliphatic heterocycles. The van der Waals surface area contributed by atoms with Crippen LogP contribution in [-0.4, -0.2) is 37.7 Å². The van der Waals surface area contributed by atoms with Gasteiger partial charge < -0.3 is 5.32 Å². The predicted octanol–water partition coefficient (Wildman–Crippen LogP) is 3.82. The lowest BCUT2D eigenvalue weighted by atomic mass is 10.1. The third-order valence-corrected chi connectivity index (χ3v) is 4.85. The van der Waals surface area contributed by atoms with Crippen molar-refractivity contribution >= 4 is 23.0 Å². The number of aryl methyl sites for hydroxylation is 1. The van der Waals surface area contributed by atoms with Crippen molar-refractivity contribution in [3.8, 4) is 11.3 Å². The third-order valence-electron chi connectivity index (χ3n) is 4.64. The van der Waals surface area contributed by atoms with Crippen molar-refractivity contribution in [1.29, 1.82) is 0 Å². The Hall–Kier alpha value is -2.68. The Balaban J connectivity index is 1.72. The summed E-state index contributed by atoms with van der Waals surface area (Å²) in [4.78, 5) is 20.6. The maximum atomic E-state index is 13.2. The van der Waals surface area contributed by atoms with Crippen LogP contribution < -0.4 is 5.32 Å². The Morgan fingerprint density at radius 3 is 2.68 bits per heavy atom. The Labute approximate surface area is 162 Å². The van der Waals surface area contributed by atoms with Crippen LogP contribution in [0.5, 0.6) is 0 Å². The molecule has 28 heavy (non-hydrogen) atoms. The molecule has 1 amide bonds. The average molecular weight is 410 g/mol. The molecule has 3 heterocycles. The molecule has 0 radical (unpaired) electrons. The first-order valence-electron chi connectivity index (χ1n) is 8.58. The van der Waals surface area contributed by atoms with Crippen molar-refractivity contribution in [2.75, 3.05) is 0 Å². The first-order valence-corrected chi connectivity index (χ1v) is 8.95. The number of amides is 1. The number of aromatic nitrogens is 4. The first kappa shape index (κ1) is 18.7. The van der Waals surface area contributed by atoms with Gasteiger partial charge in [0, 0.05) is 18.0 Å². The maximum Gasteiger partial charge on any atom is 0.408 e. The molecule has 3 aromatic heterocycles. The quantitative estimate of drug-likeness (QED) is 0.711. The molecule has 1 fully saturated rings. The molecule has 0 saturated heterocycles. The normalized spacial score (nSPS) is 15.6. The molecule has 3 aromatic rings. The fraction of sp³-hybridized carbons (Fsp3) is 0.333. The minimum atomic E-state index is -4.51. The zero-order valence-electron chi connectivity index (χ0n) is 14.7. The van der Waals surface area contributed by atoms with Crippen LogP contribution in [0.3, 0.4) is 0 Å². The molecule has 4 rings (SSSR count). The summed E-state index contributed by atoms with van der Waals surface area (Å²) in [6, 6.07) is 1.55. The number of hydrogen-bond acceptors (Lipinski definition) is 4. The summed E-state index contributed by atoms with van der Waals surface area (Å²) >= 11 is 5.97. The molecule has 1 atom stereocenters. The summed E-state index contributed by atoms with van der Waals surface area (Å²) in [5.74, 6) is -1.70. The molecule has 1 aliphatic carbocycles. The number of nitrogens with zero attached hydrogens (tertiary/aromatic N) is 4. The minimum Gasteiger partial charge on any atom is -0.337 e. The lowest BCUT2D eigenvalue weighted by molar-refractivity contribution is -0.158. The molecule has 1 saturated carbocycles. The van der Waals surface area contributed by atoms with E-state index in [4.69, 9.17) is 11.6 Å². The van der Waals surface area contributed by atoms with Crippen molar-refractivity contribution in [2.45, 2.75) is 32.0 Å². The summed E-state index contributed by atoms with van der Waals surface area (Å²) in [7, 11) is 0. The van der Waals surface area contributed by atoms with E-state index in [9.17, 15) is 18.0 Å². The van der Waals surface area contributed by atoms with Gasteiger partial charge in [-0.2, -0.15) is 18.3 Å². The summed E-state index contributed by atoms with van der Waals surface area (Å²) in [6.07, 6.45) is 0.818. The van der Waals surface area contributed by atoms with E-state index in [-0.39, 0.29) is 5.82 Å². The van der Waals surface area contributed by atoms with E-state index >= 15 is 0 Å². The molecule has 0 bridgehead atoms. The standard InChI is InChI=1S/C18H15ClF3N5O/c1-9-4-13(11-5-12(19)7-23-6-11)26-27-14(9)8-24-16(27)17(28)25-15(10-2-3-10)18(20,21)22/h4-8,10,15H,2-3H2,1H3,(H,25,28). The summed E-state index contributed by atoms with van der Waals surface area (Å²) in [5, 5.41) is 6.87. The predicted molar refractivity (Wildman–Crippen MR) is 96.0 cm³/mol. The van der Waals surface area contributed by atoms with E-state index in [0.717, 1.165) is 5.56 Å². The van der Waals surface area contributed by atoms with Crippen LogP contribution in [0.2, 0.25) is 5.02 Å². The largest absolute Gasteiger partial charge is 0.408 e. The number of carbonyl (C=O) groups excluding carboxylic acids is 1. The van der Waals surface area contributed by atoms with Crippen molar-refractivity contribution in [2.24, 2.45) is 5.92 Å². The van der Waals surface area contributed by atoms with E-state index in [0.29, 0.717) is 34.6 Å². The topological polar surface area (TPSA) is 72.2 Å². The first-order chi connectivity index (χ1) is 13.2. The van der Waals surface area contributed by atoms with Gasteiger partial charge in [-0.1, -0.05) is 11.6 Å². The smallest absolute Gasteiger partial charge is 0.337 e. The molecule has 10 heteroatoms. The van der Waals surface area contributed by atoms with Gasteiger partial charge in [0.25, 0.3) is 5.91 Å². The molecule has 1 unspecified atom stereocenters. The highest BCUT2D eigenvalue weighted by Crippen LogP contribution is 2.40. The number of carbonyl (C=O) groups is 1. The molecular weight excluding hydrogens is 395 g/mol. The molecule has 0 spiro atoms. The van der Waals surface area contributed by atoms with Crippen molar-refractivity contribution in [3.05, 3.63) is 47.1 Å². The Morgan fingerprint density at radius 1 is 1.29 bits per heavy atom. The monoisotopic (exact) mass is 409 g/mol. The Bertz CT molecular complexity index is 1060. The van der Waals surface area contributed by atoms with Gasteiger partial charge >= 0.3 is 6.18 Å². The van der Waals surface area contributed by atoms with Gasteiger partial charge in [0.1, 0.15) is 6.04 Å². The van der Waals surface area contributed by atoms with E-state index in [2.05, 4.69) is 20.4 Å². The lowest BCUT2D eigenvalue weighted by Gasteiger charge is -2.20. The number of pyridine rings is 1. The van der Waals surface area contributed by atoms with Crippen LogP contribution in [0.25, 0.3) is 16.8 Å². The lowest BCUT2D eigenvalue weighted by Crippen LogP contribution is -2.47. The van der Waals surface area contributed by atoms with Crippen LogP contribution in [0.15, 0.2) is 30.7 Å². The van der Waals surface area contributed by atoms with Gasteiger partial charge in [0.05, 0.1) is 22.4 Å². The van der Waals surface area contributed by atoms with E-state index in [1.807, 2.05) is 0 Å². The number of rotatable bonds is 4. The van der Waals surface area contributed by atoms with E-state index < -0.39 is 24.0 Å². The van der Waals surface area contributed by atoms with Crippen LogP contribution in [0.1, 0.15) is 29.0 Å². The number of halogens is 4. The SMILES string of the molecule is Cc1cc(-c2cncc(Cl)c2)nn2c(C(=O)NC(C3CC3)C(F)(F)F)ncc12. The van der Waals surface area contributed by atoms with Gasteiger partial charge in [-0.3, -0.25) is 9.78 Å². The summed E-state index contributed by atoms with van der Waals surface area (Å²) in [6.45, 7) is 1.80. The highest BCUT2D eigenvalue weighted by atomic mass is 35.5. The molecule has 146 valence electrons. The van der Waals surface area contributed by atoms with Gasteiger partial charge in [-0.05, 0) is 43.4 Å². The van der Waals surface area contributed by atoms with Crippen molar-refractivity contribution in [3.63, 3.8) is 0 Å². The second-order valence-electron chi connectivity index (χ2n) is 6.81. The molecule has 0 aromatic carbocycles. The number of nitrogens with one attached hydrogen (secondary N) is 1. The third kappa shape index (κ3) is 3.54. The Morgan fingerprint density at radius 2 is 2.04 bits per heavy atom. The van der Waals surface area contributed by atoms with Gasteiger partial charge in [0.2, 0.25) is 5.82 Å². The molecule has 1 N–H and O–H groups in total. The van der Waals surface area contributed by atoms with Crippen molar-refractivity contribution in [1.82, 2.24) is 24.9 Å². The van der Waals surface area contributed by atoms with Gasteiger partial charge in [-0.25, -0.2) is 9.50 Å². The minimum absolute atomic E-state index is 0.204. The summed E-state index contributed by atoms with van der Waals surface area (Å²) in [5.41, 5.74) is 2.37. The second kappa shape index (κ2) is 6.73. The number of hydrogen-bond donors (Lipinski definition) is 1. The zero-order chi connectivity index (χ0) is 20.1. The fourth-order valence-electron chi connectivity index (χ4n) is 3.08. The highest BCUT2D eigenvalue weighted by molar-refractivity contribution is 6.30.